The van der Waals surface area contributed by atoms with Crippen LogP contribution in [-0.2, 0) is 4.79 Å². The molecule has 1 amide bonds. The largest absolute Gasteiger partial charge is 0.326 e. The summed E-state index contributed by atoms with van der Waals surface area (Å²) in [5, 5.41) is 2.52. The van der Waals surface area contributed by atoms with Crippen LogP contribution in [0.15, 0.2) is 48.5 Å². The van der Waals surface area contributed by atoms with Crippen LogP contribution in [0.1, 0.15) is 22.8 Å². The van der Waals surface area contributed by atoms with Crippen LogP contribution in [0.4, 0.5) is 10.1 Å². The summed E-state index contributed by atoms with van der Waals surface area (Å²) in [6.07, 6.45) is 0. The normalized spacial score (nSPS) is 10.0. The van der Waals surface area contributed by atoms with Crippen molar-refractivity contribution in [2.75, 3.05) is 5.32 Å². The fraction of sp³-hybridized carbons (Fsp3) is 0.0667. The second-order valence-corrected chi connectivity index (χ2v) is 4.07. The Morgan fingerprint density at radius 1 is 1.05 bits per heavy atom. The molecule has 0 saturated carbocycles. The highest BCUT2D eigenvalue weighted by molar-refractivity contribution is 6.13. The minimum atomic E-state index is -0.520. The fourth-order valence-corrected chi connectivity index (χ4v) is 1.75. The summed E-state index contributed by atoms with van der Waals surface area (Å²) in [5.74, 6) is -1.16. The van der Waals surface area contributed by atoms with Crippen LogP contribution in [0, 0.1) is 5.82 Å². The maximum atomic E-state index is 13.3. The number of halogens is 1. The maximum absolute atomic E-state index is 13.3. The van der Waals surface area contributed by atoms with Crippen LogP contribution < -0.4 is 5.32 Å². The lowest BCUT2D eigenvalue weighted by Gasteiger charge is -2.09. The summed E-state index contributed by atoms with van der Waals surface area (Å²) in [7, 11) is 0. The predicted octanol–water partition coefficient (Wildman–Crippen LogP) is 3.02. The first kappa shape index (κ1) is 13.0. The molecule has 0 fully saturated rings. The van der Waals surface area contributed by atoms with Gasteiger partial charge in [0, 0.05) is 18.1 Å². The van der Waals surface area contributed by atoms with E-state index in [9.17, 15) is 14.0 Å². The molecule has 4 heteroatoms. The Kier molecular flexibility index (Phi) is 3.71. The van der Waals surface area contributed by atoms with E-state index in [0.29, 0.717) is 11.3 Å². The number of nitrogens with one attached hydrogen (secondary N) is 1. The zero-order valence-electron chi connectivity index (χ0n) is 10.3. The summed E-state index contributed by atoms with van der Waals surface area (Å²) in [6.45, 7) is 1.33. The lowest BCUT2D eigenvalue weighted by Crippen LogP contribution is -2.12. The van der Waals surface area contributed by atoms with E-state index in [0.717, 1.165) is 6.07 Å². The molecule has 0 aromatic heterocycles. The van der Waals surface area contributed by atoms with Gasteiger partial charge in [-0.15, -0.1) is 0 Å². The summed E-state index contributed by atoms with van der Waals surface area (Å²) < 4.78 is 13.3. The molecule has 0 aliphatic rings. The van der Waals surface area contributed by atoms with E-state index in [4.69, 9.17) is 0 Å². The number of ketones is 1. The van der Waals surface area contributed by atoms with E-state index in [2.05, 4.69) is 5.32 Å². The molecule has 0 saturated heterocycles. The molecule has 0 radical (unpaired) electrons. The quantitative estimate of drug-likeness (QED) is 0.859. The fourth-order valence-electron chi connectivity index (χ4n) is 1.75. The molecule has 0 atom stereocenters. The molecule has 96 valence electrons. The highest BCUT2D eigenvalue weighted by Gasteiger charge is 2.15. The molecular weight excluding hydrogens is 245 g/mol. The van der Waals surface area contributed by atoms with E-state index in [1.807, 2.05) is 0 Å². The number of benzene rings is 2. The van der Waals surface area contributed by atoms with Gasteiger partial charge in [-0.25, -0.2) is 4.39 Å². The van der Waals surface area contributed by atoms with Crippen LogP contribution in [0.25, 0.3) is 0 Å². The first-order valence-electron chi connectivity index (χ1n) is 5.75. The predicted molar refractivity (Wildman–Crippen MR) is 70.6 cm³/mol. The second-order valence-electron chi connectivity index (χ2n) is 4.07. The smallest absolute Gasteiger partial charge is 0.221 e. The van der Waals surface area contributed by atoms with E-state index in [-0.39, 0.29) is 17.3 Å². The minimum Gasteiger partial charge on any atom is -0.326 e. The van der Waals surface area contributed by atoms with Gasteiger partial charge in [0.15, 0.2) is 5.78 Å². The van der Waals surface area contributed by atoms with Gasteiger partial charge < -0.3 is 5.32 Å². The molecule has 2 aromatic carbocycles. The molecule has 0 aliphatic heterocycles. The minimum absolute atomic E-state index is 0.140. The van der Waals surface area contributed by atoms with Gasteiger partial charge in [0.05, 0.1) is 5.69 Å². The molecule has 0 unspecified atom stereocenters. The van der Waals surface area contributed by atoms with Gasteiger partial charge in [-0.3, -0.25) is 9.59 Å². The van der Waals surface area contributed by atoms with Crippen molar-refractivity contribution in [2.45, 2.75) is 6.92 Å². The Hall–Kier alpha value is -2.49. The topological polar surface area (TPSA) is 46.2 Å². The molecular formula is C15H12FNO2. The van der Waals surface area contributed by atoms with Crippen molar-refractivity contribution in [1.29, 1.82) is 0 Å². The molecule has 0 heterocycles. The lowest BCUT2D eigenvalue weighted by molar-refractivity contribution is -0.114. The van der Waals surface area contributed by atoms with Crippen molar-refractivity contribution in [3.8, 4) is 0 Å². The maximum Gasteiger partial charge on any atom is 0.221 e. The van der Waals surface area contributed by atoms with E-state index in [1.165, 1.54) is 19.1 Å². The number of carbonyl (C=O) groups is 2. The Morgan fingerprint density at radius 3 is 2.37 bits per heavy atom. The van der Waals surface area contributed by atoms with Crippen LogP contribution in [0.2, 0.25) is 0 Å². The third-order valence-electron chi connectivity index (χ3n) is 2.57. The Balaban J connectivity index is 2.45. The Bertz CT molecular complexity index is 623. The zero-order valence-corrected chi connectivity index (χ0v) is 10.3. The molecule has 19 heavy (non-hydrogen) atoms. The van der Waals surface area contributed by atoms with Crippen LogP contribution >= 0.6 is 0 Å². The molecule has 0 aliphatic carbocycles. The average Bonchev–Trinajstić information content (AvgIpc) is 2.40. The Morgan fingerprint density at radius 2 is 1.74 bits per heavy atom. The molecule has 3 nitrogen and oxygen atoms in total. The summed E-state index contributed by atoms with van der Waals surface area (Å²) in [5.41, 5.74) is 0.892. The third kappa shape index (κ3) is 3.04. The van der Waals surface area contributed by atoms with Gasteiger partial charge in [0.25, 0.3) is 0 Å². The third-order valence-corrected chi connectivity index (χ3v) is 2.57. The number of hydrogen-bond acceptors (Lipinski definition) is 2. The number of hydrogen-bond donors (Lipinski definition) is 1. The summed E-state index contributed by atoms with van der Waals surface area (Å²) in [4.78, 5) is 23.4. The molecule has 2 aromatic rings. The van der Waals surface area contributed by atoms with Crippen LogP contribution in [0.5, 0.6) is 0 Å². The van der Waals surface area contributed by atoms with E-state index >= 15 is 0 Å². The molecule has 0 bridgehead atoms. The Labute approximate surface area is 110 Å². The first-order chi connectivity index (χ1) is 9.08. The number of amides is 1. The molecule has 2 rings (SSSR count). The summed E-state index contributed by atoms with van der Waals surface area (Å²) in [6, 6.07) is 12.2. The van der Waals surface area contributed by atoms with Gasteiger partial charge in [0.1, 0.15) is 5.82 Å². The van der Waals surface area contributed by atoms with Gasteiger partial charge >= 0.3 is 0 Å². The van der Waals surface area contributed by atoms with Crippen molar-refractivity contribution >= 4 is 17.4 Å². The lowest BCUT2D eigenvalue weighted by atomic mass is 10.0. The van der Waals surface area contributed by atoms with Gasteiger partial charge in [0.2, 0.25) is 5.91 Å². The summed E-state index contributed by atoms with van der Waals surface area (Å²) >= 11 is 0. The van der Waals surface area contributed by atoms with Crippen molar-refractivity contribution in [2.24, 2.45) is 0 Å². The van der Waals surface area contributed by atoms with Crippen molar-refractivity contribution in [3.63, 3.8) is 0 Å². The van der Waals surface area contributed by atoms with Gasteiger partial charge in [-0.05, 0) is 18.2 Å². The van der Waals surface area contributed by atoms with E-state index in [1.54, 1.807) is 30.3 Å². The van der Waals surface area contributed by atoms with Crippen molar-refractivity contribution in [3.05, 3.63) is 65.5 Å². The van der Waals surface area contributed by atoms with Gasteiger partial charge in [-0.2, -0.15) is 0 Å². The zero-order chi connectivity index (χ0) is 13.8. The van der Waals surface area contributed by atoms with Crippen LogP contribution in [-0.4, -0.2) is 11.7 Å². The van der Waals surface area contributed by atoms with Crippen molar-refractivity contribution < 1.29 is 14.0 Å². The second kappa shape index (κ2) is 5.44. The standard InChI is InChI=1S/C15H12FNO2/c1-10(18)17-14-8-7-12(16)9-13(14)15(19)11-5-3-2-4-6-11/h2-9H,1H3,(H,17,18). The molecule has 1 N–H and O–H groups in total. The number of carbonyl (C=O) groups excluding carboxylic acids is 2. The van der Waals surface area contributed by atoms with Gasteiger partial charge in [-0.1, -0.05) is 30.3 Å². The first-order valence-corrected chi connectivity index (χ1v) is 5.75. The molecule has 0 spiro atoms. The highest BCUT2D eigenvalue weighted by Crippen LogP contribution is 2.20. The van der Waals surface area contributed by atoms with Crippen molar-refractivity contribution in [1.82, 2.24) is 0 Å². The van der Waals surface area contributed by atoms with E-state index < -0.39 is 5.82 Å². The number of rotatable bonds is 3. The van der Waals surface area contributed by atoms with Crippen LogP contribution in [0.3, 0.4) is 0 Å². The number of anilines is 1. The monoisotopic (exact) mass is 257 g/mol. The highest BCUT2D eigenvalue weighted by atomic mass is 19.1. The SMILES string of the molecule is CC(=O)Nc1ccc(F)cc1C(=O)c1ccccc1. The average molecular weight is 257 g/mol.